The van der Waals surface area contributed by atoms with E-state index in [1.165, 1.54) is 0 Å². The van der Waals surface area contributed by atoms with Crippen LogP contribution in [0.3, 0.4) is 0 Å². The van der Waals surface area contributed by atoms with Gasteiger partial charge in [-0.3, -0.25) is 0 Å². The molecule has 1 saturated carbocycles. The average molecular weight is 208 g/mol. The number of phenols is 1. The van der Waals surface area contributed by atoms with Gasteiger partial charge >= 0.3 is 0 Å². The van der Waals surface area contributed by atoms with Crippen LogP contribution >= 0.6 is 0 Å². The Kier molecular flexibility index (Phi) is 2.35. The molecule has 82 valence electrons. The van der Waals surface area contributed by atoms with E-state index in [1.807, 2.05) is 6.92 Å². The Balaban J connectivity index is 2.31. The number of hydrogen-bond donors (Lipinski definition) is 2. The fourth-order valence-electron chi connectivity index (χ4n) is 1.72. The van der Waals surface area contributed by atoms with Gasteiger partial charge in [0.25, 0.3) is 0 Å². The molecule has 1 aromatic carbocycles. The largest absolute Gasteiger partial charge is 0.508 e. The normalized spacial score (nSPS) is 17.5. The third-order valence-corrected chi connectivity index (χ3v) is 2.95. The number of methoxy groups -OCH3 is 1. The molecule has 0 amide bonds. The van der Waals surface area contributed by atoms with Gasteiger partial charge in [-0.1, -0.05) is 0 Å². The summed E-state index contributed by atoms with van der Waals surface area (Å²) >= 11 is 0. The van der Waals surface area contributed by atoms with Crippen molar-refractivity contribution in [3.05, 3.63) is 23.3 Å². The minimum Gasteiger partial charge on any atom is -0.508 e. The van der Waals surface area contributed by atoms with E-state index in [4.69, 9.17) is 4.74 Å². The molecule has 0 saturated heterocycles. The topological polar surface area (TPSA) is 49.7 Å². The number of rotatable bonds is 3. The van der Waals surface area contributed by atoms with Crippen LogP contribution in [0.5, 0.6) is 11.5 Å². The molecule has 0 atom stereocenters. The Morgan fingerprint density at radius 3 is 2.60 bits per heavy atom. The maximum absolute atomic E-state index is 9.83. The quantitative estimate of drug-likeness (QED) is 0.796. The molecule has 3 nitrogen and oxygen atoms in total. The van der Waals surface area contributed by atoms with Gasteiger partial charge in [-0.2, -0.15) is 0 Å². The van der Waals surface area contributed by atoms with Gasteiger partial charge in [0.1, 0.15) is 11.5 Å². The lowest BCUT2D eigenvalue weighted by Crippen LogP contribution is -2.11. The Morgan fingerprint density at radius 1 is 1.40 bits per heavy atom. The van der Waals surface area contributed by atoms with Crippen LogP contribution in [0.4, 0.5) is 0 Å². The van der Waals surface area contributed by atoms with Crippen molar-refractivity contribution in [3.63, 3.8) is 0 Å². The summed E-state index contributed by atoms with van der Waals surface area (Å²) in [5.74, 6) is 1.00. The first-order valence-electron chi connectivity index (χ1n) is 5.13. The van der Waals surface area contributed by atoms with Gasteiger partial charge in [0.05, 0.1) is 12.7 Å². The Labute approximate surface area is 89.3 Å². The minimum atomic E-state index is -0.561. The van der Waals surface area contributed by atoms with Crippen molar-refractivity contribution in [1.82, 2.24) is 0 Å². The zero-order valence-corrected chi connectivity index (χ0v) is 9.08. The molecule has 0 aromatic heterocycles. The first-order chi connectivity index (χ1) is 7.04. The second-order valence-electron chi connectivity index (χ2n) is 4.35. The van der Waals surface area contributed by atoms with E-state index < -0.39 is 5.60 Å². The molecule has 1 aliphatic carbocycles. The maximum Gasteiger partial charge on any atom is 0.122 e. The Morgan fingerprint density at radius 2 is 2.07 bits per heavy atom. The molecule has 0 aliphatic heterocycles. The van der Waals surface area contributed by atoms with Crippen LogP contribution in [0.1, 0.15) is 24.0 Å². The highest BCUT2D eigenvalue weighted by Crippen LogP contribution is 2.41. The van der Waals surface area contributed by atoms with Gasteiger partial charge in [-0.15, -0.1) is 0 Å². The molecular weight excluding hydrogens is 192 g/mol. The number of benzene rings is 1. The standard InChI is InChI=1S/C12H16O3/c1-8-5-11(15-2)9(6-10(8)13)7-12(14)3-4-12/h5-6,13-14H,3-4,7H2,1-2H3. The molecular formula is C12H16O3. The summed E-state index contributed by atoms with van der Waals surface area (Å²) in [5, 5.41) is 19.4. The monoisotopic (exact) mass is 208 g/mol. The van der Waals surface area contributed by atoms with E-state index in [0.29, 0.717) is 6.42 Å². The van der Waals surface area contributed by atoms with E-state index in [0.717, 1.165) is 29.7 Å². The molecule has 2 rings (SSSR count). The van der Waals surface area contributed by atoms with Gasteiger partial charge in [0.2, 0.25) is 0 Å². The maximum atomic E-state index is 9.83. The summed E-state index contributed by atoms with van der Waals surface area (Å²) in [6, 6.07) is 3.49. The lowest BCUT2D eigenvalue weighted by Gasteiger charge is -2.13. The first kappa shape index (κ1) is 10.3. The molecule has 0 unspecified atom stereocenters. The van der Waals surface area contributed by atoms with Gasteiger partial charge in [0, 0.05) is 12.0 Å². The number of aryl methyl sites for hydroxylation is 1. The minimum absolute atomic E-state index is 0.259. The smallest absolute Gasteiger partial charge is 0.122 e. The molecule has 2 N–H and O–H groups in total. The molecule has 1 fully saturated rings. The predicted molar refractivity (Wildman–Crippen MR) is 57.3 cm³/mol. The van der Waals surface area contributed by atoms with E-state index in [1.54, 1.807) is 19.2 Å². The number of aliphatic hydroxyl groups is 1. The Hall–Kier alpha value is -1.22. The van der Waals surface area contributed by atoms with E-state index >= 15 is 0 Å². The van der Waals surface area contributed by atoms with Gasteiger partial charge in [-0.25, -0.2) is 0 Å². The molecule has 1 aliphatic rings. The lowest BCUT2D eigenvalue weighted by atomic mass is 10.0. The zero-order chi connectivity index (χ0) is 11.1. The van der Waals surface area contributed by atoms with E-state index in [-0.39, 0.29) is 5.75 Å². The van der Waals surface area contributed by atoms with Crippen molar-refractivity contribution >= 4 is 0 Å². The zero-order valence-electron chi connectivity index (χ0n) is 9.08. The van der Waals surface area contributed by atoms with Crippen molar-refractivity contribution in [2.45, 2.75) is 31.8 Å². The fourth-order valence-corrected chi connectivity index (χ4v) is 1.72. The molecule has 0 bridgehead atoms. The van der Waals surface area contributed by atoms with Crippen molar-refractivity contribution in [2.75, 3.05) is 7.11 Å². The molecule has 0 heterocycles. The SMILES string of the molecule is COc1cc(C)c(O)cc1CC1(O)CC1. The van der Waals surface area contributed by atoms with Crippen molar-refractivity contribution in [1.29, 1.82) is 0 Å². The highest BCUT2D eigenvalue weighted by molar-refractivity contribution is 5.46. The molecule has 3 heteroatoms. The Bertz CT molecular complexity index is 381. The average Bonchev–Trinajstić information content (AvgIpc) is 2.89. The van der Waals surface area contributed by atoms with Crippen LogP contribution in [0.15, 0.2) is 12.1 Å². The second kappa shape index (κ2) is 3.42. The van der Waals surface area contributed by atoms with Gasteiger partial charge < -0.3 is 14.9 Å². The molecule has 0 radical (unpaired) electrons. The third kappa shape index (κ3) is 2.07. The summed E-state index contributed by atoms with van der Waals surface area (Å²) < 4.78 is 5.23. The second-order valence-corrected chi connectivity index (χ2v) is 4.35. The third-order valence-electron chi connectivity index (χ3n) is 2.95. The van der Waals surface area contributed by atoms with Gasteiger partial charge in [-0.05, 0) is 37.5 Å². The molecule has 0 spiro atoms. The van der Waals surface area contributed by atoms with Crippen molar-refractivity contribution in [3.8, 4) is 11.5 Å². The summed E-state index contributed by atoms with van der Waals surface area (Å²) in [7, 11) is 1.60. The van der Waals surface area contributed by atoms with E-state index in [9.17, 15) is 10.2 Å². The highest BCUT2D eigenvalue weighted by Gasteiger charge is 2.40. The number of aromatic hydroxyl groups is 1. The summed E-state index contributed by atoms with van der Waals surface area (Å²) in [5.41, 5.74) is 1.11. The van der Waals surface area contributed by atoms with Crippen molar-refractivity contribution < 1.29 is 14.9 Å². The predicted octanol–water partition coefficient (Wildman–Crippen LogP) is 1.78. The number of phenolic OH excluding ortho intramolecular Hbond substituents is 1. The number of ether oxygens (including phenoxy) is 1. The summed E-state index contributed by atoms with van der Waals surface area (Å²) in [6.45, 7) is 1.83. The van der Waals surface area contributed by atoms with E-state index in [2.05, 4.69) is 0 Å². The molecule has 15 heavy (non-hydrogen) atoms. The van der Waals surface area contributed by atoms with Gasteiger partial charge in [0.15, 0.2) is 0 Å². The van der Waals surface area contributed by atoms with Crippen molar-refractivity contribution in [2.24, 2.45) is 0 Å². The fraction of sp³-hybridized carbons (Fsp3) is 0.500. The summed E-state index contributed by atoms with van der Waals surface area (Å²) in [4.78, 5) is 0. The van der Waals surface area contributed by atoms with Crippen LogP contribution in [-0.4, -0.2) is 22.9 Å². The molecule has 1 aromatic rings. The summed E-state index contributed by atoms with van der Waals surface area (Å²) in [6.07, 6.45) is 2.24. The van der Waals surface area contributed by atoms with Crippen LogP contribution in [0.25, 0.3) is 0 Å². The van der Waals surface area contributed by atoms with Crippen LogP contribution in [0, 0.1) is 6.92 Å². The lowest BCUT2D eigenvalue weighted by molar-refractivity contribution is 0.150. The van der Waals surface area contributed by atoms with Crippen LogP contribution in [0.2, 0.25) is 0 Å². The van der Waals surface area contributed by atoms with Crippen LogP contribution in [-0.2, 0) is 6.42 Å². The van der Waals surface area contributed by atoms with Crippen LogP contribution < -0.4 is 4.74 Å². The highest BCUT2D eigenvalue weighted by atomic mass is 16.5. The first-order valence-corrected chi connectivity index (χ1v) is 5.13. The number of hydrogen-bond acceptors (Lipinski definition) is 3.